The van der Waals surface area contributed by atoms with Gasteiger partial charge < -0.3 is 63.1 Å². The maximum Gasteiger partial charge on any atom is 0.407 e. The highest BCUT2D eigenvalue weighted by atomic mass is 79.9. The van der Waals surface area contributed by atoms with Gasteiger partial charge in [0.1, 0.15) is 59.4 Å². The number of aliphatic carboxylic acids is 1. The lowest BCUT2D eigenvalue weighted by Gasteiger charge is -2.34. The van der Waals surface area contributed by atoms with Gasteiger partial charge in [-0.15, -0.1) is 0 Å². The molecule has 0 bridgehead atoms. The van der Waals surface area contributed by atoms with E-state index in [1.807, 2.05) is 147 Å². The standard InChI is InChI=1S/C43H51N5O6S.C23H32N4O3S.C20H21NO4.C15H23N3O3S.C8H10BrN.C3H8.C2H6O/c1-27(2)38(45-42(51)54-26-37-35-16-10-8-14-33(35)34-15-9-11-17-36(34)37)40(49)44-31-24-28(3)32(29(4)25-31)18-23-55(52,53)48-21-19-43(20-22-48)41(50)46-39(47-43)30-12-6-5-7-13-30;1-16-14-19(24)15-17(2)20(16)8-13-31(29,30)27-11-9-23(10-12-27)22(28)25-21(26-23)18-6-4-3-5-7-18;1-12(2)18(19(22)23)21-20(24)25-11-17-15-9-5-3-7-13(15)14-8-4-6-10-16(14)17;1-2-22(20,21)18-10-8-15(9-11-18)14(19)16-13(17-15)12-6-4-3-5-7-12;1-5-3-7(10)4-6(2)8(5)9;1-3-2;1-2-3/h8-11,14-18,23-25,27,30,37-38H,5-7,12-13,19-22,26H2,1-4H3,(H,44,49)(H,45,51)(H,46,47,50);8,13-15,18H,3-7,9-12,24H2,1-2H3,(H,25,26,28);3-10,12,17-18H,11H2,1-2H3,(H,21,24)(H,22,23);2,12H,1,3-11H2,(H,16,17,19);3-4H,10H2,1-2H3;3H2,1-2H3;3H,2H2,1H3/b23-18+;13-8+;;;;;/t38-;;18-;;;;/m0.0..../s1/i;;;;;1TD;. The number of fused-ring (bicyclic) bond motifs is 6. The molecular weight excluding hydrogens is 2010 g/mol. The fourth-order valence-corrected chi connectivity index (χ4v) is 25.1. The third-order valence-electron chi connectivity index (χ3n) is 29.8. The Kier molecular flexibility index (Phi) is 39.4. The summed E-state index contributed by atoms with van der Waals surface area (Å²) in [5.74, 6) is 1.19. The fourth-order valence-electron chi connectivity index (χ4n) is 21.6. The molecular formula is C114H151BrN14O17S3. The van der Waals surface area contributed by atoms with Gasteiger partial charge in [0.05, 0.1) is 0 Å². The SMILES string of the molecule is C=CS(=O)(=O)N1CCC2(CC1)N=C(C1CCCCC1)NC2=O.CC(C)[C@H](NC(=O)OCC1c2ccccc2-c2ccccc21)C(=O)O.CCO.Cc1cc(N)cc(C)c1/C=C/S(=O)(=O)N1CCC2(CC1)N=C(C1CCCCC1)NC2=O.Cc1cc(N)cc(C)c1Br.Cc1cc(NC(=O)[C@@H](NC(=O)OCC2c3ccccc3-c3ccccc32)C(C)C)cc(C)c1/C=C/S(=O)(=O)N1CCC2(CC1)N=C(C1CCCCC1)NC2=O.[2H]C([3H])CC. The molecule has 804 valence electrons. The van der Waals surface area contributed by atoms with Crippen molar-refractivity contribution < 1.29 is 81.2 Å². The number of nitrogens with two attached hydrogens (primary N) is 2. The normalized spacial score (nSPS) is 19.4. The van der Waals surface area contributed by atoms with Crippen molar-refractivity contribution in [3.63, 3.8) is 0 Å². The van der Waals surface area contributed by atoms with Crippen molar-refractivity contribution in [2.45, 2.75) is 272 Å². The number of aliphatic hydroxyl groups excluding tert-OH is 1. The van der Waals surface area contributed by atoms with E-state index in [2.05, 4.69) is 90.8 Å². The zero-order valence-electron chi connectivity index (χ0n) is 89.9. The number of alkyl carbamates (subject to hydrolysis) is 2. The first-order valence-corrected chi connectivity index (χ1v) is 57.6. The molecule has 12 N–H and O–H groups in total. The summed E-state index contributed by atoms with van der Waals surface area (Å²) in [5, 5.41) is 37.3. The minimum absolute atomic E-state index is 0.0412. The summed E-state index contributed by atoms with van der Waals surface area (Å²) in [6.07, 6.45) is 22.1. The van der Waals surface area contributed by atoms with Crippen LogP contribution in [0.4, 0.5) is 26.7 Å². The number of carboxylic acids is 1. The average molecular weight is 2170 g/mol. The van der Waals surface area contributed by atoms with Crippen LogP contribution in [0.5, 0.6) is 0 Å². The maximum absolute atomic E-state index is 13.5. The molecule has 5 aliphatic carbocycles. The predicted molar refractivity (Wildman–Crippen MR) is 595 cm³/mol. The Morgan fingerprint density at radius 3 is 1.07 bits per heavy atom. The molecule has 6 amide bonds. The first kappa shape index (κ1) is 113. The first-order valence-electron chi connectivity index (χ1n) is 53.4. The number of benzene rings is 7. The summed E-state index contributed by atoms with van der Waals surface area (Å²) in [7, 11) is -10.7. The predicted octanol–water partition coefficient (Wildman–Crippen LogP) is 19.3. The smallest absolute Gasteiger partial charge is 0.407 e. The molecule has 3 spiro atoms. The number of carbonyl (C=O) groups is 7. The molecule has 3 saturated carbocycles. The van der Waals surface area contributed by atoms with E-state index in [0.717, 1.165) is 162 Å². The number of carboxylic acid groups (broad SMARTS) is 1. The number of aliphatic imine (C=N–C) groups is 3. The third kappa shape index (κ3) is 28.8. The molecule has 0 aromatic heterocycles. The number of nitrogen functional groups attached to an aromatic ring is 2. The van der Waals surface area contributed by atoms with Gasteiger partial charge in [0.15, 0.2) is 0 Å². The molecule has 18 rings (SSSR count). The van der Waals surface area contributed by atoms with Crippen molar-refractivity contribution in [3.8, 4) is 22.3 Å². The van der Waals surface area contributed by atoms with Crippen LogP contribution in [-0.2, 0) is 63.5 Å². The van der Waals surface area contributed by atoms with Crippen molar-refractivity contribution in [1.82, 2.24) is 39.5 Å². The van der Waals surface area contributed by atoms with E-state index in [-0.39, 0.29) is 86.1 Å². The summed E-state index contributed by atoms with van der Waals surface area (Å²) in [5.41, 5.74) is 27.5. The highest BCUT2D eigenvalue weighted by Gasteiger charge is 2.52. The summed E-state index contributed by atoms with van der Waals surface area (Å²) in [6.45, 7) is 27.3. The molecule has 6 fully saturated rings. The van der Waals surface area contributed by atoms with Crippen LogP contribution in [0.15, 0.2) is 176 Å². The summed E-state index contributed by atoms with van der Waals surface area (Å²) in [4.78, 5) is 102. The number of aliphatic hydroxyl groups is 1. The molecule has 6 aliphatic heterocycles. The number of anilines is 3. The van der Waals surface area contributed by atoms with Crippen LogP contribution >= 0.6 is 15.9 Å². The Bertz CT molecular complexity index is 6430. The number of amidine groups is 3. The number of ether oxygens (including phenoxy) is 2. The van der Waals surface area contributed by atoms with Crippen molar-refractivity contribution in [2.75, 3.05) is 75.9 Å². The van der Waals surface area contributed by atoms with Gasteiger partial charge in [-0.25, -0.2) is 39.6 Å². The lowest BCUT2D eigenvalue weighted by atomic mass is 9.88. The Morgan fingerprint density at radius 2 is 0.779 bits per heavy atom. The topological polar surface area (TPSA) is 452 Å². The van der Waals surface area contributed by atoms with Gasteiger partial charge >= 0.3 is 18.2 Å². The molecule has 7 aromatic rings. The minimum Gasteiger partial charge on any atom is -0.480 e. The number of nitrogens with zero attached hydrogens (tertiary/aromatic N) is 6. The Labute approximate surface area is 891 Å². The van der Waals surface area contributed by atoms with E-state index >= 15 is 0 Å². The van der Waals surface area contributed by atoms with Crippen LogP contribution < -0.4 is 43.4 Å². The molecule has 31 nitrogen and oxygen atoms in total. The monoisotopic (exact) mass is 2170 g/mol. The molecule has 11 aliphatic rings. The van der Waals surface area contributed by atoms with Gasteiger partial charge in [0, 0.05) is 116 Å². The van der Waals surface area contributed by atoms with Crippen molar-refractivity contribution in [3.05, 3.63) is 227 Å². The minimum atomic E-state index is -3.76. The molecule has 3 saturated heterocycles. The number of aryl methyl sites for hydroxylation is 6. The van der Waals surface area contributed by atoms with Gasteiger partial charge in [-0.1, -0.05) is 225 Å². The Morgan fingerprint density at radius 1 is 0.497 bits per heavy atom. The van der Waals surface area contributed by atoms with Crippen LogP contribution in [0.2, 0.25) is 0 Å². The number of nitrogens with one attached hydrogen (secondary N) is 6. The van der Waals surface area contributed by atoms with Gasteiger partial charge in [0.25, 0.3) is 17.7 Å². The third-order valence-corrected chi connectivity index (χ3v) is 35.7. The van der Waals surface area contributed by atoms with E-state index in [1.54, 1.807) is 45.1 Å². The van der Waals surface area contributed by atoms with Crippen LogP contribution in [0.1, 0.15) is 271 Å². The second-order valence-electron chi connectivity index (χ2n) is 41.1. The fraction of sp³-hybridized carbons (Fsp3) is 0.491. The van der Waals surface area contributed by atoms with Crippen molar-refractivity contribution in [2.24, 2.45) is 44.6 Å². The molecule has 1 unspecified atom stereocenters. The largest absolute Gasteiger partial charge is 0.480 e. The van der Waals surface area contributed by atoms with E-state index < -0.39 is 83.8 Å². The van der Waals surface area contributed by atoms with Crippen molar-refractivity contribution >= 4 is 135 Å². The molecule has 7 aromatic carbocycles. The number of hydrogen-bond acceptors (Lipinski definition) is 21. The summed E-state index contributed by atoms with van der Waals surface area (Å²) >= 11 is 3.46. The lowest BCUT2D eigenvalue weighted by molar-refractivity contribution is -0.140. The van der Waals surface area contributed by atoms with Gasteiger partial charge in [-0.3, -0.25) is 34.2 Å². The van der Waals surface area contributed by atoms with E-state index in [1.165, 1.54) is 79.8 Å². The summed E-state index contributed by atoms with van der Waals surface area (Å²) in [6, 6.07) is 41.7. The van der Waals surface area contributed by atoms with Crippen LogP contribution in [0.25, 0.3) is 34.4 Å². The van der Waals surface area contributed by atoms with Crippen LogP contribution in [0.3, 0.4) is 0 Å². The van der Waals surface area contributed by atoms with E-state index in [0.29, 0.717) is 94.3 Å². The zero-order valence-corrected chi connectivity index (χ0v) is 92.0. The molecule has 35 heteroatoms. The maximum atomic E-state index is 13.5. The Hall–Kier alpha value is -11.6. The highest BCUT2D eigenvalue weighted by Crippen LogP contribution is 2.48. The number of hydrogen-bond donors (Lipinski definition) is 10. The number of carbonyl (C=O) groups excluding carboxylic acids is 6. The lowest BCUT2D eigenvalue weighted by Crippen LogP contribution is -2.50. The first-order chi connectivity index (χ1) is 71.8. The van der Waals surface area contributed by atoms with Gasteiger partial charge in [-0.2, -0.15) is 12.9 Å². The average Bonchev–Trinajstić information content (AvgIpc) is 1.64. The van der Waals surface area contributed by atoms with E-state index in [9.17, 15) is 58.8 Å². The van der Waals surface area contributed by atoms with Crippen molar-refractivity contribution in [1.29, 1.82) is 0 Å². The molecule has 0 radical (unpaired) electrons. The summed E-state index contributed by atoms with van der Waals surface area (Å²) < 4.78 is 106. The van der Waals surface area contributed by atoms with Gasteiger partial charge in [-0.05, 0) is 275 Å². The number of piperidine rings is 3. The number of rotatable bonds is 22. The van der Waals surface area contributed by atoms with Gasteiger partial charge in [0.2, 0.25) is 36.0 Å². The molecule has 6 heterocycles. The zero-order chi connectivity index (χ0) is 110. The number of sulfonamides is 3. The molecule has 149 heavy (non-hydrogen) atoms. The number of halogens is 1. The number of amides is 6. The second-order valence-corrected chi connectivity index (χ2v) is 47.4. The van der Waals surface area contributed by atoms with Crippen LogP contribution in [-0.4, -0.2) is 195 Å². The second kappa shape index (κ2) is 52.0. The van der Waals surface area contributed by atoms with Crippen LogP contribution in [0, 0.1) is 71.1 Å². The Balaban J connectivity index is 0.000000178. The highest BCUT2D eigenvalue weighted by molar-refractivity contribution is 9.10. The van der Waals surface area contributed by atoms with E-state index in [4.69, 9.17) is 48.9 Å². The quantitative estimate of drug-likeness (QED) is 0.0282. The molecule has 3 atom stereocenters.